The van der Waals surface area contributed by atoms with Gasteiger partial charge in [-0.1, -0.05) is 30.4 Å². The fourth-order valence-corrected chi connectivity index (χ4v) is 3.41. The number of carbonyl (C=O) groups excluding carboxylic acids is 1. The average molecular weight is 281 g/mol. The van der Waals surface area contributed by atoms with E-state index in [1.54, 1.807) is 11.3 Å². The first kappa shape index (κ1) is 11.6. The fourth-order valence-electron chi connectivity index (χ4n) is 2.44. The highest BCUT2D eigenvalue weighted by Gasteiger charge is 2.28. The van der Waals surface area contributed by atoms with Gasteiger partial charge in [-0.05, 0) is 30.2 Å². The normalized spacial score (nSPS) is 21.2. The highest BCUT2D eigenvalue weighted by atomic mass is 32.1. The van der Waals surface area contributed by atoms with Gasteiger partial charge in [-0.3, -0.25) is 0 Å². The molecule has 2 aromatic rings. The molecule has 1 aliphatic carbocycles. The highest BCUT2D eigenvalue weighted by molar-refractivity contribution is 7.18. The van der Waals surface area contributed by atoms with Crippen molar-refractivity contribution >= 4 is 27.5 Å². The van der Waals surface area contributed by atoms with Crippen molar-refractivity contribution in [3.05, 3.63) is 64.7 Å². The molecule has 0 saturated carbocycles. The summed E-state index contributed by atoms with van der Waals surface area (Å²) in [6.45, 7) is 0. The molecule has 0 bridgehead atoms. The third kappa shape index (κ3) is 1.80. The van der Waals surface area contributed by atoms with E-state index in [4.69, 9.17) is 4.74 Å². The third-order valence-electron chi connectivity index (χ3n) is 3.41. The van der Waals surface area contributed by atoms with Crippen LogP contribution in [0.15, 0.2) is 59.7 Å². The van der Waals surface area contributed by atoms with Crippen LogP contribution in [0.1, 0.15) is 17.5 Å². The van der Waals surface area contributed by atoms with Gasteiger partial charge < -0.3 is 4.74 Å². The van der Waals surface area contributed by atoms with Crippen molar-refractivity contribution in [1.29, 1.82) is 0 Å². The first-order valence-corrected chi connectivity index (χ1v) is 7.28. The maximum atomic E-state index is 12.0. The molecule has 0 N–H and O–H groups in total. The molecule has 1 unspecified atom stereocenters. The minimum atomic E-state index is -0.380. The maximum Gasteiger partial charge on any atom is 0.339 e. The van der Waals surface area contributed by atoms with E-state index in [1.165, 1.54) is 0 Å². The van der Waals surface area contributed by atoms with E-state index < -0.39 is 0 Å². The maximum absolute atomic E-state index is 12.0. The monoisotopic (exact) mass is 281 g/mol. The third-order valence-corrected chi connectivity index (χ3v) is 4.50. The van der Waals surface area contributed by atoms with Gasteiger partial charge in [-0.15, -0.1) is 11.3 Å². The Labute approximate surface area is 119 Å². The number of allylic oxidation sites excluding steroid dienone is 3. The predicted octanol–water partition coefficient (Wildman–Crippen LogP) is 3.71. The molecule has 0 amide bonds. The van der Waals surface area contributed by atoms with Gasteiger partial charge in [0.25, 0.3) is 0 Å². The van der Waals surface area contributed by atoms with Crippen molar-refractivity contribution in [3.63, 3.8) is 0 Å². The summed E-state index contributed by atoms with van der Waals surface area (Å²) >= 11 is 1.57. The van der Waals surface area contributed by atoms with Crippen molar-refractivity contribution in [2.45, 2.75) is 12.5 Å². The summed E-state index contributed by atoms with van der Waals surface area (Å²) in [4.78, 5) is 16.6. The molecule has 1 aliphatic heterocycles. The van der Waals surface area contributed by atoms with E-state index in [-0.39, 0.29) is 12.1 Å². The SMILES string of the molecule is O=C1OC(c2nc3ccccc3s2)C=C2C=CCC=C12. The number of benzene rings is 1. The van der Waals surface area contributed by atoms with Crippen LogP contribution in [0.5, 0.6) is 0 Å². The number of rotatable bonds is 1. The van der Waals surface area contributed by atoms with Crippen molar-refractivity contribution in [3.8, 4) is 0 Å². The summed E-state index contributed by atoms with van der Waals surface area (Å²) in [7, 11) is 0. The van der Waals surface area contributed by atoms with Crippen LogP contribution < -0.4 is 0 Å². The van der Waals surface area contributed by atoms with Gasteiger partial charge in [-0.25, -0.2) is 9.78 Å². The molecular weight excluding hydrogens is 270 g/mol. The van der Waals surface area contributed by atoms with E-state index >= 15 is 0 Å². The summed E-state index contributed by atoms with van der Waals surface area (Å²) in [6.07, 6.45) is 8.31. The molecule has 1 atom stereocenters. The lowest BCUT2D eigenvalue weighted by atomic mass is 9.96. The van der Waals surface area contributed by atoms with Crippen LogP contribution in [-0.4, -0.2) is 11.0 Å². The number of nitrogens with zero attached hydrogens (tertiary/aromatic N) is 1. The quantitative estimate of drug-likeness (QED) is 0.748. The van der Waals surface area contributed by atoms with Crippen molar-refractivity contribution in [2.24, 2.45) is 0 Å². The van der Waals surface area contributed by atoms with Crippen molar-refractivity contribution in [1.82, 2.24) is 4.98 Å². The second-order valence-corrected chi connectivity index (χ2v) is 5.79. The second-order valence-electron chi connectivity index (χ2n) is 4.72. The number of aromatic nitrogens is 1. The van der Waals surface area contributed by atoms with Crippen molar-refractivity contribution in [2.75, 3.05) is 0 Å². The highest BCUT2D eigenvalue weighted by Crippen LogP contribution is 2.35. The smallest absolute Gasteiger partial charge is 0.339 e. The lowest BCUT2D eigenvalue weighted by Gasteiger charge is -2.22. The molecule has 2 heterocycles. The molecule has 20 heavy (non-hydrogen) atoms. The van der Waals surface area contributed by atoms with E-state index in [0.717, 1.165) is 27.2 Å². The average Bonchev–Trinajstić information content (AvgIpc) is 2.91. The van der Waals surface area contributed by atoms with Crippen LogP contribution in [0.4, 0.5) is 0 Å². The van der Waals surface area contributed by atoms with Gasteiger partial charge in [0.2, 0.25) is 0 Å². The standard InChI is InChI=1S/C16H11NO2S/c18-16-11-6-2-1-5-10(11)9-13(19-16)15-17-12-7-3-4-8-14(12)20-15/h1,3-9,13H,2H2. The minimum Gasteiger partial charge on any atom is -0.447 e. The Hall–Kier alpha value is -2.20. The van der Waals surface area contributed by atoms with E-state index in [9.17, 15) is 4.79 Å². The Morgan fingerprint density at radius 3 is 3.10 bits per heavy atom. The molecule has 0 fully saturated rings. The van der Waals surface area contributed by atoms with Crippen LogP contribution in [0.3, 0.4) is 0 Å². The number of carbonyl (C=O) groups is 1. The number of fused-ring (bicyclic) bond motifs is 2. The van der Waals surface area contributed by atoms with Gasteiger partial charge in [0.15, 0.2) is 6.10 Å². The summed E-state index contributed by atoms with van der Waals surface area (Å²) in [5.41, 5.74) is 2.56. The van der Waals surface area contributed by atoms with Crippen LogP contribution in [0.2, 0.25) is 0 Å². The predicted molar refractivity (Wildman–Crippen MR) is 78.4 cm³/mol. The summed E-state index contributed by atoms with van der Waals surface area (Å²) in [5.74, 6) is -0.254. The Kier molecular flexibility index (Phi) is 2.57. The van der Waals surface area contributed by atoms with Crippen LogP contribution in [0.25, 0.3) is 10.2 Å². The molecule has 1 aromatic heterocycles. The number of hydrogen-bond donors (Lipinski definition) is 0. The van der Waals surface area contributed by atoms with Crippen LogP contribution in [-0.2, 0) is 9.53 Å². The van der Waals surface area contributed by atoms with Gasteiger partial charge in [-0.2, -0.15) is 0 Å². The molecule has 2 aliphatic rings. The molecule has 1 aromatic carbocycles. The summed E-state index contributed by atoms with van der Waals surface area (Å²) in [6, 6.07) is 7.95. The summed E-state index contributed by atoms with van der Waals surface area (Å²) in [5, 5.41) is 0.824. The molecule has 3 nitrogen and oxygen atoms in total. The zero-order valence-corrected chi connectivity index (χ0v) is 11.4. The lowest BCUT2D eigenvalue weighted by Crippen LogP contribution is -2.19. The Morgan fingerprint density at radius 2 is 2.20 bits per heavy atom. The van der Waals surface area contributed by atoms with E-state index in [1.807, 2.05) is 48.6 Å². The Morgan fingerprint density at radius 1 is 1.30 bits per heavy atom. The number of hydrogen-bond acceptors (Lipinski definition) is 4. The first-order valence-electron chi connectivity index (χ1n) is 6.46. The number of ether oxygens (including phenoxy) is 1. The molecule has 98 valence electrons. The first-order chi connectivity index (χ1) is 9.81. The van der Waals surface area contributed by atoms with E-state index in [2.05, 4.69) is 4.98 Å². The number of cyclic esters (lactones) is 1. The zero-order chi connectivity index (χ0) is 13.5. The fraction of sp³-hybridized carbons (Fsp3) is 0.125. The van der Waals surface area contributed by atoms with E-state index in [0.29, 0.717) is 5.57 Å². The minimum absolute atomic E-state index is 0.254. The lowest BCUT2D eigenvalue weighted by molar-refractivity contribution is -0.143. The zero-order valence-electron chi connectivity index (χ0n) is 10.6. The topological polar surface area (TPSA) is 39.2 Å². The molecule has 4 heteroatoms. The van der Waals surface area contributed by atoms with Crippen molar-refractivity contribution < 1.29 is 9.53 Å². The second kappa shape index (κ2) is 4.42. The van der Waals surface area contributed by atoms with Gasteiger partial charge in [0.1, 0.15) is 5.01 Å². The van der Waals surface area contributed by atoms with Crippen LogP contribution in [0, 0.1) is 0 Å². The van der Waals surface area contributed by atoms with Gasteiger partial charge >= 0.3 is 5.97 Å². The van der Waals surface area contributed by atoms with Gasteiger partial charge in [0.05, 0.1) is 15.8 Å². The van der Waals surface area contributed by atoms with Crippen LogP contribution >= 0.6 is 11.3 Å². The number of para-hydroxylation sites is 1. The number of thiazole rings is 1. The molecule has 4 rings (SSSR count). The molecule has 0 radical (unpaired) electrons. The molecule has 0 spiro atoms. The molecule has 0 saturated heterocycles. The number of esters is 1. The Balaban J connectivity index is 1.79. The Bertz CT molecular complexity index is 765. The molecular formula is C16H11NO2S. The summed E-state index contributed by atoms with van der Waals surface area (Å²) < 4.78 is 6.61. The largest absolute Gasteiger partial charge is 0.447 e. The van der Waals surface area contributed by atoms with Gasteiger partial charge in [0, 0.05) is 0 Å².